The van der Waals surface area contributed by atoms with E-state index in [1.807, 2.05) is 79.9 Å². The number of hydrogen-bond donors (Lipinski definition) is 2. The van der Waals surface area contributed by atoms with E-state index in [4.69, 9.17) is 0 Å². The third-order valence-corrected chi connectivity index (χ3v) is 9.07. The van der Waals surface area contributed by atoms with Gasteiger partial charge in [0.2, 0.25) is 5.91 Å². The van der Waals surface area contributed by atoms with Crippen LogP contribution in [0, 0.1) is 6.92 Å². The number of nitrogens with zero attached hydrogens (tertiary/aromatic N) is 2. The zero-order valence-electron chi connectivity index (χ0n) is 28.3. The summed E-state index contributed by atoms with van der Waals surface area (Å²) in [4.78, 5) is 46.4. The number of carbonyl (C=O) groups excluding carboxylic acids is 3. The van der Waals surface area contributed by atoms with Crippen molar-refractivity contribution in [1.29, 1.82) is 0 Å². The second-order valence-corrected chi connectivity index (χ2v) is 13.8. The number of anilines is 1. The molecule has 246 valence electrons. The van der Waals surface area contributed by atoms with Gasteiger partial charge in [-0.3, -0.25) is 19.7 Å². The van der Waals surface area contributed by atoms with Gasteiger partial charge in [0.1, 0.15) is 6.04 Å². The molecule has 0 fully saturated rings. The molecule has 5 aromatic rings. The molecule has 0 saturated heterocycles. The first kappa shape index (κ1) is 34.3. The van der Waals surface area contributed by atoms with Gasteiger partial charge in [0.05, 0.1) is 5.69 Å². The summed E-state index contributed by atoms with van der Waals surface area (Å²) in [6.07, 6.45) is 0.820. The van der Waals surface area contributed by atoms with E-state index in [9.17, 15) is 14.4 Å². The number of carbonyl (C=O) groups is 3. The highest BCUT2D eigenvalue weighted by Gasteiger charge is 2.26. The fourth-order valence-electron chi connectivity index (χ4n) is 5.61. The van der Waals surface area contributed by atoms with Gasteiger partial charge in [0.15, 0.2) is 5.13 Å². The van der Waals surface area contributed by atoms with Crippen LogP contribution in [-0.2, 0) is 10.2 Å². The molecule has 2 N–H and O–H groups in total. The van der Waals surface area contributed by atoms with Crippen molar-refractivity contribution in [3.05, 3.63) is 130 Å². The number of amides is 3. The Kier molecular flexibility index (Phi) is 10.5. The predicted molar refractivity (Wildman–Crippen MR) is 195 cm³/mol. The first-order valence-corrected chi connectivity index (χ1v) is 17.0. The lowest BCUT2D eigenvalue weighted by Gasteiger charge is -2.24. The SMILES string of the molecule is CCCN(C)C(=O)[C@@H](NC(=O)c1ccc(-c2csc(NC(=O)c3cccc(C)c3-c3ccc(C(C)(C)C)cc3)n2)cc1)c1ccccc1. The van der Waals surface area contributed by atoms with E-state index in [0.29, 0.717) is 28.5 Å². The van der Waals surface area contributed by atoms with E-state index in [1.54, 1.807) is 24.1 Å². The first-order valence-electron chi connectivity index (χ1n) is 16.1. The molecule has 0 saturated carbocycles. The topological polar surface area (TPSA) is 91.4 Å². The number of aromatic nitrogens is 1. The second-order valence-electron chi connectivity index (χ2n) is 13.0. The summed E-state index contributed by atoms with van der Waals surface area (Å²) in [5, 5.41) is 8.27. The fraction of sp³-hybridized carbons (Fsp3) is 0.250. The minimum absolute atomic E-state index is 0.0385. The molecular weight excluding hydrogens is 617 g/mol. The van der Waals surface area contributed by atoms with Gasteiger partial charge < -0.3 is 10.2 Å². The highest BCUT2D eigenvalue weighted by molar-refractivity contribution is 7.14. The summed E-state index contributed by atoms with van der Waals surface area (Å²) >= 11 is 1.34. The maximum Gasteiger partial charge on any atom is 0.258 e. The standard InChI is InChI=1S/C40H42N4O3S/c1-7-24-44(6)38(47)35(29-13-9-8-10-14-29)42-36(45)30-18-16-27(17-19-30)33-25-48-39(41-33)43-37(46)32-15-11-12-26(2)34(32)28-20-22-31(23-21-28)40(3,4)5/h8-23,25,35H,7,24H2,1-6H3,(H,42,45)(H,41,43,46)/t35-/m0/s1. The molecule has 3 amide bonds. The summed E-state index contributed by atoms with van der Waals surface area (Å²) < 4.78 is 0. The summed E-state index contributed by atoms with van der Waals surface area (Å²) in [6, 6.07) is 29.7. The molecule has 0 radical (unpaired) electrons. The zero-order valence-corrected chi connectivity index (χ0v) is 29.2. The minimum atomic E-state index is -0.795. The molecule has 0 bridgehead atoms. The Hall–Kier alpha value is -5.08. The van der Waals surface area contributed by atoms with Gasteiger partial charge in [0, 0.05) is 35.7 Å². The molecule has 1 aromatic heterocycles. The van der Waals surface area contributed by atoms with Gasteiger partial charge in [-0.1, -0.05) is 107 Å². The monoisotopic (exact) mass is 658 g/mol. The van der Waals surface area contributed by atoms with Crippen molar-refractivity contribution >= 4 is 34.2 Å². The van der Waals surface area contributed by atoms with E-state index in [2.05, 4.69) is 60.7 Å². The first-order chi connectivity index (χ1) is 23.0. The van der Waals surface area contributed by atoms with Crippen molar-refractivity contribution in [2.75, 3.05) is 18.9 Å². The minimum Gasteiger partial charge on any atom is -0.344 e. The van der Waals surface area contributed by atoms with Crippen LogP contribution < -0.4 is 10.6 Å². The Morgan fingerprint density at radius 1 is 0.833 bits per heavy atom. The van der Waals surface area contributed by atoms with Crippen LogP contribution in [0.25, 0.3) is 22.4 Å². The Labute approximate surface area is 287 Å². The molecule has 0 aliphatic rings. The lowest BCUT2D eigenvalue weighted by atomic mass is 9.85. The number of likely N-dealkylation sites (N-methyl/N-ethyl adjacent to an activating group) is 1. The quantitative estimate of drug-likeness (QED) is 0.157. The molecular formula is C40H42N4O3S. The van der Waals surface area contributed by atoms with E-state index in [0.717, 1.165) is 34.2 Å². The van der Waals surface area contributed by atoms with Crippen molar-refractivity contribution in [2.45, 2.75) is 52.5 Å². The maximum atomic E-state index is 13.6. The highest BCUT2D eigenvalue weighted by Crippen LogP contribution is 2.32. The Balaban J connectivity index is 1.29. The van der Waals surface area contributed by atoms with Crippen LogP contribution in [-0.4, -0.2) is 41.2 Å². The molecule has 48 heavy (non-hydrogen) atoms. The number of rotatable bonds is 10. The normalized spacial score (nSPS) is 11.9. The number of hydrogen-bond acceptors (Lipinski definition) is 5. The summed E-state index contributed by atoms with van der Waals surface area (Å²) in [5.74, 6) is -0.739. The van der Waals surface area contributed by atoms with Gasteiger partial charge in [-0.25, -0.2) is 4.98 Å². The zero-order chi connectivity index (χ0) is 34.4. The maximum absolute atomic E-state index is 13.6. The molecule has 0 aliphatic carbocycles. The lowest BCUT2D eigenvalue weighted by molar-refractivity contribution is -0.132. The van der Waals surface area contributed by atoms with Crippen molar-refractivity contribution < 1.29 is 14.4 Å². The largest absolute Gasteiger partial charge is 0.344 e. The van der Waals surface area contributed by atoms with Crippen LogP contribution in [0.15, 0.2) is 102 Å². The average Bonchev–Trinajstić information content (AvgIpc) is 3.55. The van der Waals surface area contributed by atoms with Crippen molar-refractivity contribution in [2.24, 2.45) is 0 Å². The molecule has 7 nitrogen and oxygen atoms in total. The molecule has 8 heteroatoms. The van der Waals surface area contributed by atoms with Crippen molar-refractivity contribution in [3.63, 3.8) is 0 Å². The number of aryl methyl sites for hydroxylation is 1. The van der Waals surface area contributed by atoms with Gasteiger partial charge in [-0.2, -0.15) is 0 Å². The van der Waals surface area contributed by atoms with Gasteiger partial charge in [0.25, 0.3) is 11.8 Å². The summed E-state index contributed by atoms with van der Waals surface area (Å²) in [5.41, 5.74) is 7.40. The summed E-state index contributed by atoms with van der Waals surface area (Å²) in [6.45, 7) is 11.2. The van der Waals surface area contributed by atoms with E-state index in [-0.39, 0.29) is 23.1 Å². The number of thiazole rings is 1. The van der Waals surface area contributed by atoms with Crippen LogP contribution >= 0.6 is 11.3 Å². The number of benzene rings is 4. The highest BCUT2D eigenvalue weighted by atomic mass is 32.1. The van der Waals surface area contributed by atoms with E-state index >= 15 is 0 Å². The Bertz CT molecular complexity index is 1890. The fourth-order valence-corrected chi connectivity index (χ4v) is 6.33. The average molecular weight is 659 g/mol. The van der Waals surface area contributed by atoms with Crippen molar-refractivity contribution in [3.8, 4) is 22.4 Å². The van der Waals surface area contributed by atoms with Gasteiger partial charge in [-0.15, -0.1) is 11.3 Å². The van der Waals surface area contributed by atoms with E-state index < -0.39 is 6.04 Å². The van der Waals surface area contributed by atoms with Crippen LogP contribution in [0.4, 0.5) is 5.13 Å². The predicted octanol–water partition coefficient (Wildman–Crippen LogP) is 8.67. The smallest absolute Gasteiger partial charge is 0.258 e. The van der Waals surface area contributed by atoms with E-state index in [1.165, 1.54) is 16.9 Å². The summed E-state index contributed by atoms with van der Waals surface area (Å²) in [7, 11) is 1.75. The van der Waals surface area contributed by atoms with Crippen LogP contribution in [0.3, 0.4) is 0 Å². The Morgan fingerprint density at radius 3 is 2.15 bits per heavy atom. The molecule has 1 atom stereocenters. The molecule has 5 rings (SSSR count). The third kappa shape index (κ3) is 7.89. The van der Waals surface area contributed by atoms with Crippen LogP contribution in [0.5, 0.6) is 0 Å². The second kappa shape index (κ2) is 14.8. The van der Waals surface area contributed by atoms with Crippen LogP contribution in [0.1, 0.15) is 77.6 Å². The molecule has 4 aromatic carbocycles. The molecule has 1 heterocycles. The molecule has 0 spiro atoms. The van der Waals surface area contributed by atoms with Crippen molar-refractivity contribution in [1.82, 2.24) is 15.2 Å². The Morgan fingerprint density at radius 2 is 1.50 bits per heavy atom. The molecule has 0 aliphatic heterocycles. The molecule has 0 unspecified atom stereocenters. The van der Waals surface area contributed by atoms with Gasteiger partial charge >= 0.3 is 0 Å². The van der Waals surface area contributed by atoms with Gasteiger partial charge in [-0.05, 0) is 64.8 Å². The van der Waals surface area contributed by atoms with Crippen LogP contribution in [0.2, 0.25) is 0 Å². The third-order valence-electron chi connectivity index (χ3n) is 8.32. The lowest BCUT2D eigenvalue weighted by Crippen LogP contribution is -2.41. The number of nitrogens with one attached hydrogen (secondary N) is 2.